The van der Waals surface area contributed by atoms with Crippen molar-refractivity contribution in [3.63, 3.8) is 0 Å². The molecule has 10 unspecified atom stereocenters. The first-order valence-electron chi connectivity index (χ1n) is 24.1. The molecule has 68 heavy (non-hydrogen) atoms. The van der Waals surface area contributed by atoms with E-state index < -0.39 is 139 Å². The number of nitrogens with two attached hydrogens (primary N) is 2. The Morgan fingerprint density at radius 2 is 1.18 bits per heavy atom. The Morgan fingerprint density at radius 1 is 0.618 bits per heavy atom. The van der Waals surface area contributed by atoms with Gasteiger partial charge in [0.25, 0.3) is 0 Å². The number of nitrogens with one attached hydrogen (secondary N) is 3. The number of aliphatic carboxylic acids is 2. The minimum atomic E-state index is -1.41. The molecule has 1 aromatic rings. The van der Waals surface area contributed by atoms with Gasteiger partial charge >= 0.3 is 11.9 Å². The molecule has 0 fully saturated rings. The first kappa shape index (κ1) is 60.7. The average molecular weight is 958 g/mol. The van der Waals surface area contributed by atoms with Gasteiger partial charge in [0.2, 0.25) is 23.6 Å². The van der Waals surface area contributed by atoms with Crippen molar-refractivity contribution in [3.05, 3.63) is 35.9 Å². The van der Waals surface area contributed by atoms with Crippen LogP contribution in [-0.4, -0.2) is 105 Å². The van der Waals surface area contributed by atoms with Crippen LogP contribution in [0.2, 0.25) is 0 Å². The molecule has 18 nitrogen and oxygen atoms in total. The maximum absolute atomic E-state index is 14.4. The molecule has 0 heterocycles. The summed E-state index contributed by atoms with van der Waals surface area (Å²) in [7, 11) is 0. The van der Waals surface area contributed by atoms with Crippen LogP contribution in [-0.2, 0) is 54.4 Å². The van der Waals surface area contributed by atoms with Gasteiger partial charge in [-0.1, -0.05) is 91.6 Å². The maximum Gasteiger partial charge on any atom is 0.306 e. The molecule has 0 aliphatic heterocycles. The van der Waals surface area contributed by atoms with Gasteiger partial charge in [0, 0.05) is 56.3 Å². The highest BCUT2D eigenvalue weighted by atomic mass is 16.4. The highest BCUT2D eigenvalue weighted by molar-refractivity contribution is 5.98. The zero-order chi connectivity index (χ0) is 51.7. The third kappa shape index (κ3) is 22.2. The molecular weight excluding hydrogens is 879 g/mol. The molecular formula is C50H79N5O13. The summed E-state index contributed by atoms with van der Waals surface area (Å²) in [4.78, 5) is 133. The van der Waals surface area contributed by atoms with E-state index in [-0.39, 0.29) is 56.1 Å². The van der Waals surface area contributed by atoms with Crippen LogP contribution in [0.4, 0.5) is 0 Å². The predicted molar refractivity (Wildman–Crippen MR) is 254 cm³/mol. The van der Waals surface area contributed by atoms with Crippen LogP contribution in [0.1, 0.15) is 138 Å². The van der Waals surface area contributed by atoms with Crippen molar-refractivity contribution in [1.82, 2.24) is 16.0 Å². The van der Waals surface area contributed by atoms with Gasteiger partial charge in [-0.15, -0.1) is 0 Å². The summed E-state index contributed by atoms with van der Waals surface area (Å²) in [6.07, 6.45) is -1.09. The van der Waals surface area contributed by atoms with Gasteiger partial charge in [-0.05, 0) is 68.4 Å². The minimum absolute atomic E-state index is 0.0370. The number of carbonyl (C=O) groups is 10. The fraction of sp³-hybridized carbons (Fsp3) is 0.680. The molecule has 0 aliphatic carbocycles. The van der Waals surface area contributed by atoms with Crippen LogP contribution >= 0.6 is 0 Å². The molecule has 1 aromatic carbocycles. The highest BCUT2D eigenvalue weighted by Gasteiger charge is 2.37. The number of aliphatic hydroxyl groups is 1. The van der Waals surface area contributed by atoms with Gasteiger partial charge in [-0.2, -0.15) is 0 Å². The van der Waals surface area contributed by atoms with E-state index in [1.165, 1.54) is 0 Å². The Labute approximate surface area is 401 Å². The van der Waals surface area contributed by atoms with Crippen molar-refractivity contribution in [3.8, 4) is 0 Å². The fourth-order valence-corrected chi connectivity index (χ4v) is 7.98. The third-order valence-electron chi connectivity index (χ3n) is 12.8. The molecule has 0 spiro atoms. The summed E-state index contributed by atoms with van der Waals surface area (Å²) < 4.78 is 0. The van der Waals surface area contributed by atoms with Crippen molar-refractivity contribution in [1.29, 1.82) is 0 Å². The molecule has 18 heteroatoms. The van der Waals surface area contributed by atoms with Crippen molar-refractivity contribution >= 4 is 58.7 Å². The first-order chi connectivity index (χ1) is 32.0. The van der Waals surface area contributed by atoms with E-state index in [1.807, 2.05) is 20.8 Å². The van der Waals surface area contributed by atoms with Crippen LogP contribution in [0.15, 0.2) is 30.3 Å². The van der Waals surface area contributed by atoms with E-state index in [1.54, 1.807) is 58.0 Å². The van der Waals surface area contributed by atoms with E-state index >= 15 is 0 Å². The number of aliphatic hydroxyl groups excluding tert-OH is 1. The summed E-state index contributed by atoms with van der Waals surface area (Å²) in [6, 6.07) is 4.86. The lowest BCUT2D eigenvalue weighted by Crippen LogP contribution is -2.51. The van der Waals surface area contributed by atoms with Crippen molar-refractivity contribution in [2.24, 2.45) is 58.8 Å². The van der Waals surface area contributed by atoms with E-state index in [2.05, 4.69) is 16.0 Å². The van der Waals surface area contributed by atoms with Gasteiger partial charge in [-0.3, -0.25) is 47.9 Å². The number of carboxylic acid groups (broad SMARTS) is 2. The van der Waals surface area contributed by atoms with Crippen LogP contribution in [0.3, 0.4) is 0 Å². The average Bonchev–Trinajstić information content (AvgIpc) is 3.28. The van der Waals surface area contributed by atoms with Crippen LogP contribution in [0.25, 0.3) is 0 Å². The van der Waals surface area contributed by atoms with Crippen molar-refractivity contribution < 1.29 is 63.3 Å². The molecule has 0 aromatic heterocycles. The lowest BCUT2D eigenvalue weighted by atomic mass is 9.83. The third-order valence-corrected chi connectivity index (χ3v) is 12.8. The fourth-order valence-electron chi connectivity index (χ4n) is 7.98. The standard InChI is InChI=1S/C50H79N5O13/c1-8-30(5)37(27-40(57)32(7)28-56)49(66)55-46(31(6)9-2)43(60)24-35(26-44(52)61)48(65)54-39(22-33-15-11-10-12-16-33)42(59)23-34(18-19-45(62)63)47(64)53-38(17-13-14-20-51)41(58)25-36(50(67)68)21-29(3)4/h10-12,15-16,29-32,34-39,46,56H,8-9,13-14,17-28,51H2,1-7H3,(H2,52,61)(H,53,64)(H,54,65)(H,55,66)(H,62,63)(H,67,68). The van der Waals surface area contributed by atoms with Crippen molar-refractivity contribution in [2.45, 2.75) is 156 Å². The quantitative estimate of drug-likeness (QED) is 0.0441. The molecule has 0 radical (unpaired) electrons. The smallest absolute Gasteiger partial charge is 0.306 e. The molecule has 0 bridgehead atoms. The number of amides is 4. The molecule has 10 N–H and O–H groups in total. The monoisotopic (exact) mass is 958 g/mol. The predicted octanol–water partition coefficient (Wildman–Crippen LogP) is 3.71. The first-order valence-corrected chi connectivity index (χ1v) is 24.1. The van der Waals surface area contributed by atoms with E-state index in [4.69, 9.17) is 11.5 Å². The maximum atomic E-state index is 14.4. The number of carboxylic acids is 2. The highest BCUT2D eigenvalue weighted by Crippen LogP contribution is 2.25. The number of rotatable bonds is 37. The van der Waals surface area contributed by atoms with Gasteiger partial charge in [0.1, 0.15) is 5.78 Å². The zero-order valence-electron chi connectivity index (χ0n) is 41.1. The largest absolute Gasteiger partial charge is 0.481 e. The Hall–Kier alpha value is -5.36. The molecule has 4 amide bonds. The van der Waals surface area contributed by atoms with E-state index in [0.29, 0.717) is 37.8 Å². The second kappa shape index (κ2) is 31.6. The Bertz CT molecular complexity index is 1840. The minimum Gasteiger partial charge on any atom is -0.481 e. The summed E-state index contributed by atoms with van der Waals surface area (Å²) in [5.74, 6) is -13.8. The molecule has 10 atom stereocenters. The van der Waals surface area contributed by atoms with Gasteiger partial charge in [0.05, 0.1) is 36.6 Å². The number of hydrogen-bond acceptors (Lipinski definition) is 12. The number of Topliss-reactive ketones (excluding diaryl/α,β-unsaturated/α-hetero) is 4. The molecule has 0 saturated heterocycles. The number of ketones is 4. The summed E-state index contributed by atoms with van der Waals surface area (Å²) in [6.45, 7) is 12.3. The number of carbonyl (C=O) groups excluding carboxylic acids is 8. The van der Waals surface area contributed by atoms with E-state index in [0.717, 1.165) is 0 Å². The number of unbranched alkanes of at least 4 members (excludes halogenated alkanes) is 1. The lowest BCUT2D eigenvalue weighted by Gasteiger charge is -2.29. The van der Waals surface area contributed by atoms with Gasteiger partial charge < -0.3 is 42.7 Å². The second-order valence-corrected chi connectivity index (χ2v) is 18.9. The van der Waals surface area contributed by atoms with Crippen LogP contribution < -0.4 is 27.4 Å². The normalized spacial score (nSPS) is 15.8. The molecule has 0 saturated carbocycles. The Balaban J connectivity index is 3.60. The topological polar surface area (TPSA) is 320 Å². The Kier molecular flexibility index (Phi) is 28.2. The number of benzene rings is 1. The number of hydrogen-bond donors (Lipinski definition) is 8. The molecule has 1 rings (SSSR count). The lowest BCUT2D eigenvalue weighted by molar-refractivity contribution is -0.144. The molecule has 382 valence electrons. The van der Waals surface area contributed by atoms with Crippen LogP contribution in [0, 0.1) is 47.3 Å². The van der Waals surface area contributed by atoms with Crippen LogP contribution in [0.5, 0.6) is 0 Å². The van der Waals surface area contributed by atoms with E-state index in [9.17, 15) is 63.3 Å². The molecule has 0 aliphatic rings. The number of primary amides is 1. The Morgan fingerprint density at radius 3 is 1.71 bits per heavy atom. The van der Waals surface area contributed by atoms with Gasteiger partial charge in [-0.25, -0.2) is 0 Å². The zero-order valence-corrected chi connectivity index (χ0v) is 41.1. The SMILES string of the molecule is CCC(C)C(CC(=O)C(C)CO)C(=O)NC(C(=O)CC(CC(N)=O)C(=O)NC(Cc1ccccc1)C(=O)CC(CCC(=O)O)C(=O)NC(CCCCN)C(=O)CC(CC(C)C)C(=O)O)C(C)CC. The van der Waals surface area contributed by atoms with Crippen molar-refractivity contribution in [2.75, 3.05) is 13.2 Å². The second-order valence-electron chi connectivity index (χ2n) is 18.9. The summed E-state index contributed by atoms with van der Waals surface area (Å²) >= 11 is 0. The summed E-state index contributed by atoms with van der Waals surface area (Å²) in [5, 5.41) is 37.1. The van der Waals surface area contributed by atoms with Gasteiger partial charge in [0.15, 0.2) is 17.3 Å². The summed E-state index contributed by atoms with van der Waals surface area (Å²) in [5.41, 5.74) is 11.8.